The molecule has 0 aliphatic carbocycles. The number of likely N-dealkylation sites (N-methyl/N-ethyl adjacent to an activating group) is 1. The van der Waals surface area contributed by atoms with Gasteiger partial charge in [-0.25, -0.2) is 4.79 Å². The SMILES string of the molecule is Cc1[nH]c2ccccc2c1CCNC(=O)N1CC[C@H]2CC[C@@H](C1)N2C. The number of fused-ring (bicyclic) bond motifs is 3. The molecule has 5 heteroatoms. The van der Waals surface area contributed by atoms with Gasteiger partial charge in [-0.3, -0.25) is 4.90 Å². The number of aromatic nitrogens is 1. The summed E-state index contributed by atoms with van der Waals surface area (Å²) in [6.07, 6.45) is 4.47. The third-order valence-electron chi connectivity index (χ3n) is 6.11. The second-order valence-electron chi connectivity index (χ2n) is 7.54. The van der Waals surface area contributed by atoms with Crippen molar-refractivity contribution in [3.05, 3.63) is 35.5 Å². The zero-order chi connectivity index (χ0) is 17.4. The van der Waals surface area contributed by atoms with Gasteiger partial charge < -0.3 is 15.2 Å². The van der Waals surface area contributed by atoms with Crippen molar-refractivity contribution in [1.29, 1.82) is 0 Å². The molecule has 0 unspecified atom stereocenters. The van der Waals surface area contributed by atoms with Gasteiger partial charge in [-0.1, -0.05) is 18.2 Å². The van der Waals surface area contributed by atoms with Gasteiger partial charge in [0, 0.05) is 48.3 Å². The normalized spacial score (nSPS) is 23.8. The molecule has 1 aromatic heterocycles. The Morgan fingerprint density at radius 1 is 1.24 bits per heavy atom. The number of aryl methyl sites for hydroxylation is 1. The number of likely N-dealkylation sites (tertiary alicyclic amines) is 1. The van der Waals surface area contributed by atoms with E-state index in [-0.39, 0.29) is 6.03 Å². The van der Waals surface area contributed by atoms with E-state index in [1.165, 1.54) is 35.0 Å². The zero-order valence-electron chi connectivity index (χ0n) is 15.2. The first kappa shape index (κ1) is 16.5. The fourth-order valence-electron chi connectivity index (χ4n) is 4.56. The minimum absolute atomic E-state index is 0.0958. The van der Waals surface area contributed by atoms with Gasteiger partial charge in [-0.05, 0) is 51.3 Å². The summed E-state index contributed by atoms with van der Waals surface area (Å²) in [4.78, 5) is 20.5. The monoisotopic (exact) mass is 340 g/mol. The largest absolute Gasteiger partial charge is 0.358 e. The Hall–Kier alpha value is -2.01. The highest BCUT2D eigenvalue weighted by atomic mass is 16.2. The van der Waals surface area contributed by atoms with Gasteiger partial charge in [0.15, 0.2) is 0 Å². The lowest BCUT2D eigenvalue weighted by Gasteiger charge is -2.26. The number of para-hydroxylation sites is 1. The van der Waals surface area contributed by atoms with Crippen molar-refractivity contribution in [2.75, 3.05) is 26.7 Å². The Morgan fingerprint density at radius 2 is 2.04 bits per heavy atom. The molecular formula is C20H28N4O. The first-order chi connectivity index (χ1) is 12.1. The molecule has 0 radical (unpaired) electrons. The highest BCUT2D eigenvalue weighted by molar-refractivity contribution is 5.84. The van der Waals surface area contributed by atoms with Crippen LogP contribution in [0.2, 0.25) is 0 Å². The third kappa shape index (κ3) is 3.13. The van der Waals surface area contributed by atoms with Gasteiger partial charge >= 0.3 is 6.03 Å². The van der Waals surface area contributed by atoms with Crippen molar-refractivity contribution < 1.29 is 4.79 Å². The quantitative estimate of drug-likeness (QED) is 0.903. The van der Waals surface area contributed by atoms with Crippen LogP contribution in [0, 0.1) is 6.92 Å². The summed E-state index contributed by atoms with van der Waals surface area (Å²) in [5.41, 5.74) is 3.68. The molecule has 0 saturated carbocycles. The van der Waals surface area contributed by atoms with Crippen LogP contribution < -0.4 is 5.32 Å². The summed E-state index contributed by atoms with van der Waals surface area (Å²) in [5, 5.41) is 4.41. The van der Waals surface area contributed by atoms with E-state index in [0.29, 0.717) is 18.6 Å². The molecule has 2 atom stereocenters. The van der Waals surface area contributed by atoms with E-state index >= 15 is 0 Å². The Balaban J connectivity index is 1.35. The Bertz CT molecular complexity index is 768. The highest BCUT2D eigenvalue weighted by Gasteiger charge is 2.35. The number of carbonyl (C=O) groups excluding carboxylic acids is 1. The van der Waals surface area contributed by atoms with Crippen LogP contribution >= 0.6 is 0 Å². The van der Waals surface area contributed by atoms with E-state index in [4.69, 9.17) is 0 Å². The van der Waals surface area contributed by atoms with E-state index in [0.717, 1.165) is 25.9 Å². The molecule has 4 rings (SSSR count). The number of amides is 2. The smallest absolute Gasteiger partial charge is 0.317 e. The number of aromatic amines is 1. The van der Waals surface area contributed by atoms with Crippen LogP contribution in [0.25, 0.3) is 10.9 Å². The fraction of sp³-hybridized carbons (Fsp3) is 0.550. The Kier molecular flexibility index (Phi) is 4.42. The third-order valence-corrected chi connectivity index (χ3v) is 6.11. The minimum Gasteiger partial charge on any atom is -0.358 e. The maximum absolute atomic E-state index is 12.6. The lowest BCUT2D eigenvalue weighted by Crippen LogP contribution is -2.45. The molecule has 2 aromatic rings. The van der Waals surface area contributed by atoms with Crippen LogP contribution in [0.5, 0.6) is 0 Å². The summed E-state index contributed by atoms with van der Waals surface area (Å²) in [7, 11) is 2.21. The minimum atomic E-state index is 0.0958. The van der Waals surface area contributed by atoms with E-state index in [2.05, 4.69) is 47.4 Å². The highest BCUT2D eigenvalue weighted by Crippen LogP contribution is 2.28. The zero-order valence-corrected chi connectivity index (χ0v) is 15.2. The second kappa shape index (κ2) is 6.71. The molecule has 2 aliphatic rings. The van der Waals surface area contributed by atoms with Gasteiger partial charge in [-0.2, -0.15) is 0 Å². The molecule has 2 amide bonds. The van der Waals surface area contributed by atoms with E-state index in [1.54, 1.807) is 0 Å². The van der Waals surface area contributed by atoms with Crippen molar-refractivity contribution in [2.24, 2.45) is 0 Å². The molecular weight excluding hydrogens is 312 g/mol. The molecule has 2 bridgehead atoms. The fourth-order valence-corrected chi connectivity index (χ4v) is 4.56. The number of rotatable bonds is 3. The van der Waals surface area contributed by atoms with E-state index < -0.39 is 0 Å². The van der Waals surface area contributed by atoms with Crippen molar-refractivity contribution in [2.45, 2.75) is 44.7 Å². The predicted molar refractivity (Wildman–Crippen MR) is 101 cm³/mol. The number of H-pyrrole nitrogens is 1. The molecule has 5 nitrogen and oxygen atoms in total. The number of hydrogen-bond acceptors (Lipinski definition) is 2. The van der Waals surface area contributed by atoms with Gasteiger partial charge in [0.1, 0.15) is 0 Å². The summed E-state index contributed by atoms with van der Waals surface area (Å²) >= 11 is 0. The number of carbonyl (C=O) groups is 1. The van der Waals surface area contributed by atoms with E-state index in [9.17, 15) is 4.79 Å². The number of benzene rings is 1. The Labute approximate surface area is 149 Å². The molecule has 2 aliphatic heterocycles. The lowest BCUT2D eigenvalue weighted by molar-refractivity contribution is 0.188. The first-order valence-corrected chi connectivity index (χ1v) is 9.44. The first-order valence-electron chi connectivity index (χ1n) is 9.44. The summed E-state index contributed by atoms with van der Waals surface area (Å²) in [6, 6.07) is 9.67. The summed E-state index contributed by atoms with van der Waals surface area (Å²) in [5.74, 6) is 0. The maximum Gasteiger partial charge on any atom is 0.317 e. The van der Waals surface area contributed by atoms with Crippen LogP contribution in [0.4, 0.5) is 4.79 Å². The molecule has 3 heterocycles. The Morgan fingerprint density at radius 3 is 2.92 bits per heavy atom. The molecule has 1 aromatic carbocycles. The van der Waals surface area contributed by atoms with E-state index in [1.807, 2.05) is 11.0 Å². The van der Waals surface area contributed by atoms with Crippen LogP contribution in [0.15, 0.2) is 24.3 Å². The number of urea groups is 1. The van der Waals surface area contributed by atoms with Crippen LogP contribution in [-0.4, -0.2) is 59.6 Å². The number of hydrogen-bond donors (Lipinski definition) is 2. The van der Waals surface area contributed by atoms with Crippen molar-refractivity contribution in [3.8, 4) is 0 Å². The summed E-state index contributed by atoms with van der Waals surface area (Å²) < 4.78 is 0. The number of nitrogens with zero attached hydrogens (tertiary/aromatic N) is 2. The molecule has 134 valence electrons. The van der Waals surface area contributed by atoms with Crippen LogP contribution in [0.1, 0.15) is 30.5 Å². The number of nitrogens with one attached hydrogen (secondary N) is 2. The average molecular weight is 340 g/mol. The van der Waals surface area contributed by atoms with Crippen LogP contribution in [-0.2, 0) is 6.42 Å². The van der Waals surface area contributed by atoms with Crippen molar-refractivity contribution >= 4 is 16.9 Å². The maximum atomic E-state index is 12.6. The van der Waals surface area contributed by atoms with Gasteiger partial charge in [0.25, 0.3) is 0 Å². The van der Waals surface area contributed by atoms with Crippen molar-refractivity contribution in [1.82, 2.24) is 20.1 Å². The standard InChI is InChI=1S/C20H28N4O/c1-14-17(18-5-3-4-6-19(18)22-14)9-11-21-20(25)24-12-10-15-7-8-16(13-24)23(15)2/h3-6,15-16,22H,7-13H2,1-2H3,(H,21,25)/t15-,16+/m1/s1. The van der Waals surface area contributed by atoms with Gasteiger partial charge in [0.05, 0.1) is 0 Å². The average Bonchev–Trinajstić information content (AvgIpc) is 3.03. The van der Waals surface area contributed by atoms with Crippen LogP contribution in [0.3, 0.4) is 0 Å². The van der Waals surface area contributed by atoms with Gasteiger partial charge in [-0.15, -0.1) is 0 Å². The molecule has 0 spiro atoms. The lowest BCUT2D eigenvalue weighted by atomic mass is 10.1. The topological polar surface area (TPSA) is 51.4 Å². The molecule has 2 saturated heterocycles. The van der Waals surface area contributed by atoms with Crippen molar-refractivity contribution in [3.63, 3.8) is 0 Å². The second-order valence-corrected chi connectivity index (χ2v) is 7.54. The molecule has 2 fully saturated rings. The summed E-state index contributed by atoms with van der Waals surface area (Å²) in [6.45, 7) is 4.54. The molecule has 2 N–H and O–H groups in total. The predicted octanol–water partition coefficient (Wildman–Crippen LogP) is 2.90. The van der Waals surface area contributed by atoms with Gasteiger partial charge in [0.2, 0.25) is 0 Å². The molecule has 25 heavy (non-hydrogen) atoms.